The second kappa shape index (κ2) is 22.9. The number of ketones is 1. The summed E-state index contributed by atoms with van der Waals surface area (Å²) in [6, 6.07) is -4.14. The summed E-state index contributed by atoms with van der Waals surface area (Å²) in [6.07, 6.45) is 3.50. The van der Waals surface area contributed by atoms with Gasteiger partial charge < -0.3 is 42.7 Å². The average Bonchev–Trinajstić information content (AvgIpc) is 3.47. The normalized spacial score (nSPS) is 13.3. The number of Topliss-reactive ketones (excluding diaryl/α,β-unsaturated/α-hetero) is 1. The molecule has 1 aromatic rings. The Hall–Kier alpha value is -4.59. The molecule has 19 nitrogen and oxygen atoms in total. The molecule has 0 fully saturated rings. The van der Waals surface area contributed by atoms with Crippen LogP contribution in [0.5, 0.6) is 0 Å². The van der Waals surface area contributed by atoms with Crippen LogP contribution < -0.4 is 27.4 Å². The summed E-state index contributed by atoms with van der Waals surface area (Å²) < 4.78 is 1.63. The molecule has 0 bridgehead atoms. The highest BCUT2D eigenvalue weighted by molar-refractivity contribution is 7.80. The van der Waals surface area contributed by atoms with Crippen LogP contribution in [-0.4, -0.2) is 108 Å². The van der Waals surface area contributed by atoms with Crippen molar-refractivity contribution in [2.45, 2.75) is 102 Å². The van der Waals surface area contributed by atoms with Crippen LogP contribution in [-0.2, 0) is 51.3 Å². The summed E-state index contributed by atoms with van der Waals surface area (Å²) in [5.41, 5.74) is 11.7. The standard InChI is InChI=1S/C29H46N8O11S/c30-20(27(45)33-21(14-25(42)43)28(46)34-22(16-49)29(47)48)8-1-3-10-32-26(44)17(13-24(40)41)12-19(38)7-2-4-11-37-15-18(35-36-37)6-5-9-23(31)39/h15,17,20-22,49H,1-14,16,30H2,(H2,31,39)(H,32,44)(H,33,45)(H,34,46)(H,40,41)(H,42,43)(H,47,48)/t17-,20-,21-,22-/m0/s1. The second-order valence-corrected chi connectivity index (χ2v) is 11.8. The first-order chi connectivity index (χ1) is 23.1. The molecule has 4 atom stereocenters. The maximum atomic E-state index is 12.7. The van der Waals surface area contributed by atoms with Gasteiger partial charge >= 0.3 is 17.9 Å². The molecule has 4 amide bonds. The molecule has 0 radical (unpaired) electrons. The second-order valence-electron chi connectivity index (χ2n) is 11.4. The van der Waals surface area contributed by atoms with Crippen LogP contribution in [0.25, 0.3) is 0 Å². The van der Waals surface area contributed by atoms with Crippen LogP contribution >= 0.6 is 12.6 Å². The SMILES string of the molecule is NC(=O)CCCc1cn(CCCCC(=O)C[C@@H](CC(=O)O)C(=O)NCCCC[C@H](N)C(=O)N[C@@H](CC(=O)O)C(=O)N[C@@H](CS)C(=O)O)nn1. The van der Waals surface area contributed by atoms with Gasteiger partial charge in [-0.05, 0) is 44.9 Å². The first-order valence-electron chi connectivity index (χ1n) is 15.7. The van der Waals surface area contributed by atoms with E-state index in [4.69, 9.17) is 21.7 Å². The zero-order chi connectivity index (χ0) is 36.9. The molecule has 20 heteroatoms. The third-order valence-electron chi connectivity index (χ3n) is 7.19. The van der Waals surface area contributed by atoms with Crippen molar-refractivity contribution in [2.75, 3.05) is 12.3 Å². The van der Waals surface area contributed by atoms with Crippen molar-refractivity contribution < 1.29 is 53.7 Å². The number of primary amides is 1. The van der Waals surface area contributed by atoms with Crippen molar-refractivity contribution in [1.29, 1.82) is 0 Å². The molecule has 0 saturated heterocycles. The number of aliphatic carboxylic acids is 3. The van der Waals surface area contributed by atoms with Crippen molar-refractivity contribution in [1.82, 2.24) is 30.9 Å². The van der Waals surface area contributed by atoms with Gasteiger partial charge in [-0.2, -0.15) is 12.6 Å². The summed E-state index contributed by atoms with van der Waals surface area (Å²) in [5, 5.41) is 42.4. The molecule has 1 heterocycles. The van der Waals surface area contributed by atoms with E-state index < -0.39 is 72.5 Å². The number of carbonyl (C=O) groups is 8. The minimum atomic E-state index is -1.58. The molecule has 10 N–H and O–H groups in total. The maximum Gasteiger partial charge on any atom is 0.327 e. The van der Waals surface area contributed by atoms with Crippen LogP contribution in [0.15, 0.2) is 6.20 Å². The molecule has 0 unspecified atom stereocenters. The minimum Gasteiger partial charge on any atom is -0.481 e. The zero-order valence-corrected chi connectivity index (χ0v) is 27.9. The summed E-state index contributed by atoms with van der Waals surface area (Å²) in [5.74, 6) is -8.51. The van der Waals surface area contributed by atoms with E-state index in [1.165, 1.54) is 0 Å². The lowest BCUT2D eigenvalue weighted by atomic mass is 9.95. The number of nitrogens with zero attached hydrogens (tertiary/aromatic N) is 3. The van der Waals surface area contributed by atoms with Crippen LogP contribution in [0, 0.1) is 5.92 Å². The summed E-state index contributed by atoms with van der Waals surface area (Å²) in [7, 11) is 0. The molecule has 0 saturated carbocycles. The quantitative estimate of drug-likeness (QED) is 0.0365. The van der Waals surface area contributed by atoms with Crippen molar-refractivity contribution in [3.63, 3.8) is 0 Å². The van der Waals surface area contributed by atoms with Crippen LogP contribution in [0.1, 0.15) is 76.3 Å². The molecule has 1 aromatic heterocycles. The fourth-order valence-electron chi connectivity index (χ4n) is 4.54. The van der Waals surface area contributed by atoms with Crippen molar-refractivity contribution in [2.24, 2.45) is 17.4 Å². The van der Waals surface area contributed by atoms with Gasteiger partial charge in [0, 0.05) is 44.3 Å². The molecular formula is C29H46N8O11S. The largest absolute Gasteiger partial charge is 0.481 e. The summed E-state index contributed by atoms with van der Waals surface area (Å²) in [6.45, 7) is 0.604. The van der Waals surface area contributed by atoms with E-state index in [0.717, 1.165) is 5.69 Å². The number of carboxylic acid groups (broad SMARTS) is 3. The maximum absolute atomic E-state index is 12.7. The number of carbonyl (C=O) groups excluding carboxylic acids is 5. The van der Waals surface area contributed by atoms with E-state index in [1.54, 1.807) is 10.9 Å². The van der Waals surface area contributed by atoms with Gasteiger partial charge in [0.25, 0.3) is 0 Å². The van der Waals surface area contributed by atoms with Gasteiger partial charge in [0.15, 0.2) is 0 Å². The number of hydrogen-bond acceptors (Lipinski definition) is 12. The highest BCUT2D eigenvalue weighted by Gasteiger charge is 2.29. The smallest absolute Gasteiger partial charge is 0.327 e. The van der Waals surface area contributed by atoms with Crippen molar-refractivity contribution in [3.05, 3.63) is 11.9 Å². The van der Waals surface area contributed by atoms with Gasteiger partial charge in [-0.25, -0.2) is 4.79 Å². The lowest BCUT2D eigenvalue weighted by Crippen LogP contribution is -2.55. The Bertz CT molecular complexity index is 1310. The van der Waals surface area contributed by atoms with Gasteiger partial charge in [0.1, 0.15) is 17.9 Å². The average molecular weight is 715 g/mol. The Balaban J connectivity index is 2.46. The Kier molecular flexibility index (Phi) is 19.8. The van der Waals surface area contributed by atoms with Gasteiger partial charge in [0.2, 0.25) is 23.6 Å². The van der Waals surface area contributed by atoms with E-state index in [0.29, 0.717) is 45.1 Å². The van der Waals surface area contributed by atoms with Gasteiger partial charge in [0.05, 0.1) is 30.5 Å². The number of hydrogen-bond donors (Lipinski definition) is 9. The number of nitrogens with one attached hydrogen (secondary N) is 3. The Morgan fingerprint density at radius 3 is 2.10 bits per heavy atom. The fourth-order valence-corrected chi connectivity index (χ4v) is 4.79. The van der Waals surface area contributed by atoms with Crippen LogP contribution in [0.2, 0.25) is 0 Å². The number of rotatable bonds is 27. The fraction of sp³-hybridized carbons (Fsp3) is 0.655. The zero-order valence-electron chi connectivity index (χ0n) is 27.0. The number of carboxylic acids is 3. The van der Waals surface area contributed by atoms with Gasteiger partial charge in [-0.15, -0.1) is 5.10 Å². The number of unbranched alkanes of at least 4 members (excludes halogenated alkanes) is 2. The highest BCUT2D eigenvalue weighted by Crippen LogP contribution is 2.14. The first kappa shape index (κ1) is 42.4. The molecular weight excluding hydrogens is 668 g/mol. The topological polar surface area (TPSA) is 316 Å². The van der Waals surface area contributed by atoms with Crippen molar-refractivity contribution >= 4 is 59.9 Å². The monoisotopic (exact) mass is 714 g/mol. The van der Waals surface area contributed by atoms with Crippen molar-refractivity contribution in [3.8, 4) is 0 Å². The summed E-state index contributed by atoms with van der Waals surface area (Å²) >= 11 is 3.82. The van der Waals surface area contributed by atoms with Gasteiger partial charge in [-0.3, -0.25) is 38.2 Å². The van der Waals surface area contributed by atoms with E-state index in [2.05, 4.69) is 38.9 Å². The van der Waals surface area contributed by atoms with E-state index in [-0.39, 0.29) is 49.7 Å². The minimum absolute atomic E-state index is 0.0831. The van der Waals surface area contributed by atoms with E-state index in [9.17, 15) is 43.5 Å². The van der Waals surface area contributed by atoms with Gasteiger partial charge in [-0.1, -0.05) is 5.21 Å². The van der Waals surface area contributed by atoms with E-state index >= 15 is 0 Å². The first-order valence-corrected chi connectivity index (χ1v) is 16.4. The number of nitrogens with two attached hydrogens (primary N) is 2. The Morgan fingerprint density at radius 2 is 1.49 bits per heavy atom. The van der Waals surface area contributed by atoms with Crippen LogP contribution in [0.4, 0.5) is 0 Å². The van der Waals surface area contributed by atoms with E-state index in [1.807, 2.05) is 0 Å². The molecule has 274 valence electrons. The Labute approximate surface area is 287 Å². The molecule has 0 spiro atoms. The molecule has 0 aliphatic rings. The molecule has 1 rings (SSSR count). The number of aryl methyl sites for hydroxylation is 2. The lowest BCUT2D eigenvalue weighted by Gasteiger charge is -2.21. The predicted molar refractivity (Wildman–Crippen MR) is 174 cm³/mol. The molecule has 49 heavy (non-hydrogen) atoms. The Morgan fingerprint density at radius 1 is 0.816 bits per heavy atom. The highest BCUT2D eigenvalue weighted by atomic mass is 32.1. The molecule has 0 aliphatic carbocycles. The summed E-state index contributed by atoms with van der Waals surface area (Å²) in [4.78, 5) is 94.6. The number of aromatic nitrogens is 3. The molecule has 0 aliphatic heterocycles. The lowest BCUT2D eigenvalue weighted by molar-refractivity contribution is -0.143. The predicted octanol–water partition coefficient (Wildman–Crippen LogP) is -1.62. The third-order valence-corrected chi connectivity index (χ3v) is 7.55. The number of amides is 4. The molecule has 0 aromatic carbocycles. The third kappa shape index (κ3) is 18.5. The van der Waals surface area contributed by atoms with Crippen LogP contribution in [0.3, 0.4) is 0 Å². The number of thiol groups is 1.